The van der Waals surface area contributed by atoms with Crippen molar-refractivity contribution in [2.24, 2.45) is 5.73 Å². The quantitative estimate of drug-likeness (QED) is 0.626. The number of benzene rings is 1. The van der Waals surface area contributed by atoms with E-state index in [1.807, 2.05) is 33.7 Å². The second kappa shape index (κ2) is 10.5. The Hall–Kier alpha value is -2.45. The van der Waals surface area contributed by atoms with Crippen molar-refractivity contribution < 1.29 is 9.90 Å². The number of likely N-dealkylation sites (tertiary alicyclic amines) is 1. The first-order chi connectivity index (χ1) is 17.4. The number of para-hydroxylation sites is 2. The van der Waals surface area contributed by atoms with Crippen LogP contribution in [0.15, 0.2) is 29.1 Å². The molecule has 196 valence electrons. The molecule has 0 amide bonds. The predicted molar refractivity (Wildman–Crippen MR) is 143 cm³/mol. The van der Waals surface area contributed by atoms with Crippen molar-refractivity contribution in [3.05, 3.63) is 34.6 Å². The van der Waals surface area contributed by atoms with Gasteiger partial charge in [-0.2, -0.15) is 0 Å². The first-order valence-corrected chi connectivity index (χ1v) is 13.9. The number of rotatable bonds is 6. The van der Waals surface area contributed by atoms with Crippen molar-refractivity contribution in [1.29, 1.82) is 0 Å². The van der Waals surface area contributed by atoms with E-state index in [4.69, 9.17) is 10.7 Å². The smallest absolute Gasteiger partial charge is 0.323 e. The fourth-order valence-corrected chi connectivity index (χ4v) is 6.58. The predicted octanol–water partition coefficient (Wildman–Crippen LogP) is 3.92. The van der Waals surface area contributed by atoms with Crippen LogP contribution in [0.3, 0.4) is 0 Å². The number of aliphatic carboxylic acids is 1. The molecule has 3 heterocycles. The van der Waals surface area contributed by atoms with Gasteiger partial charge in [0, 0.05) is 37.8 Å². The van der Waals surface area contributed by atoms with Gasteiger partial charge in [-0.15, -0.1) is 0 Å². The minimum atomic E-state index is -1.23. The lowest BCUT2D eigenvalue weighted by Gasteiger charge is -2.48. The number of hydrogen-bond donors (Lipinski definition) is 2. The monoisotopic (exact) mass is 495 g/mol. The van der Waals surface area contributed by atoms with E-state index in [0.717, 1.165) is 17.5 Å². The molecule has 0 radical (unpaired) electrons. The van der Waals surface area contributed by atoms with Gasteiger partial charge in [0.2, 0.25) is 0 Å². The fourth-order valence-electron chi connectivity index (χ4n) is 6.58. The molecular formula is C28H41N5O3. The highest BCUT2D eigenvalue weighted by atomic mass is 16.4. The molecule has 5 rings (SSSR count). The Labute approximate surface area is 213 Å². The number of anilines is 1. The molecule has 1 aromatic carbocycles. The van der Waals surface area contributed by atoms with Crippen molar-refractivity contribution in [3.63, 3.8) is 0 Å². The molecule has 8 heteroatoms. The Morgan fingerprint density at radius 2 is 1.75 bits per heavy atom. The van der Waals surface area contributed by atoms with Crippen LogP contribution in [-0.2, 0) is 4.79 Å². The Kier molecular flexibility index (Phi) is 7.35. The van der Waals surface area contributed by atoms with Crippen LogP contribution in [0.25, 0.3) is 11.0 Å². The molecule has 0 spiro atoms. The number of carboxylic acid groups (broad SMARTS) is 1. The van der Waals surface area contributed by atoms with Gasteiger partial charge in [-0.25, -0.2) is 4.98 Å². The summed E-state index contributed by atoms with van der Waals surface area (Å²) in [6.07, 6.45) is 12.1. The van der Waals surface area contributed by atoms with Crippen LogP contribution in [0.5, 0.6) is 0 Å². The lowest BCUT2D eigenvalue weighted by Crippen LogP contribution is -2.56. The molecule has 1 aromatic heterocycles. The minimum Gasteiger partial charge on any atom is -0.480 e. The molecule has 3 N–H and O–H groups in total. The second-order valence-corrected chi connectivity index (χ2v) is 11.3. The summed E-state index contributed by atoms with van der Waals surface area (Å²) in [6.45, 7) is 4.17. The summed E-state index contributed by atoms with van der Waals surface area (Å²) < 4.78 is 1.94. The maximum absolute atomic E-state index is 13.9. The van der Waals surface area contributed by atoms with E-state index in [2.05, 4.69) is 11.8 Å². The highest BCUT2D eigenvalue weighted by molar-refractivity contribution is 5.79. The Morgan fingerprint density at radius 3 is 2.39 bits per heavy atom. The number of nitrogens with zero attached hydrogens (tertiary/aromatic N) is 4. The third kappa shape index (κ3) is 4.90. The largest absolute Gasteiger partial charge is 0.480 e. The van der Waals surface area contributed by atoms with Gasteiger partial charge in [0.25, 0.3) is 5.56 Å². The zero-order valence-electron chi connectivity index (χ0n) is 21.6. The Morgan fingerprint density at radius 1 is 1.08 bits per heavy atom. The SMILES string of the molecule is C[C@@H](C[C@@H]1CCN1C1CCCCCCC1)n1c(=O)c(N2CCC(N)(C(=O)O)CC2)nc2ccccc21. The number of aromatic nitrogens is 2. The summed E-state index contributed by atoms with van der Waals surface area (Å²) in [5, 5.41) is 9.50. The van der Waals surface area contributed by atoms with Crippen molar-refractivity contribution in [2.45, 2.75) is 101 Å². The van der Waals surface area contributed by atoms with Gasteiger partial charge >= 0.3 is 5.97 Å². The molecule has 0 bridgehead atoms. The van der Waals surface area contributed by atoms with E-state index in [9.17, 15) is 14.7 Å². The highest BCUT2D eigenvalue weighted by Gasteiger charge is 2.39. The molecule has 3 fully saturated rings. The third-order valence-electron chi connectivity index (χ3n) is 8.95. The molecule has 1 aliphatic carbocycles. The lowest BCUT2D eigenvalue weighted by atomic mass is 9.88. The normalized spacial score (nSPS) is 24.6. The van der Waals surface area contributed by atoms with Crippen LogP contribution in [0, 0.1) is 0 Å². The summed E-state index contributed by atoms with van der Waals surface area (Å²) in [7, 11) is 0. The van der Waals surface area contributed by atoms with Crippen LogP contribution in [0.4, 0.5) is 5.82 Å². The van der Waals surface area contributed by atoms with E-state index >= 15 is 0 Å². The molecule has 8 nitrogen and oxygen atoms in total. The Bertz CT molecular complexity index is 1130. The standard InChI is InChI=1S/C28H41N5O3/c1-20(19-22-13-16-32(22)21-9-5-3-2-4-6-10-21)33-24-12-8-7-11-23(24)30-25(26(33)34)31-17-14-28(29,15-18-31)27(35)36/h7-8,11-12,20-22H,2-6,9-10,13-19,29H2,1H3,(H,35,36)/t20-,22-/m0/s1. The molecule has 2 aromatic rings. The van der Waals surface area contributed by atoms with Gasteiger partial charge in [-0.05, 0) is 57.6 Å². The number of nitrogens with two attached hydrogens (primary N) is 1. The number of piperidine rings is 1. The molecule has 3 aliphatic rings. The van der Waals surface area contributed by atoms with Gasteiger partial charge in [0.05, 0.1) is 11.0 Å². The van der Waals surface area contributed by atoms with Crippen LogP contribution in [0.1, 0.15) is 83.6 Å². The average molecular weight is 496 g/mol. The maximum atomic E-state index is 13.9. The first kappa shape index (κ1) is 25.2. The van der Waals surface area contributed by atoms with Gasteiger partial charge in [0.15, 0.2) is 5.82 Å². The van der Waals surface area contributed by atoms with Gasteiger partial charge in [-0.3, -0.25) is 14.5 Å². The number of fused-ring (bicyclic) bond motifs is 1. The molecule has 36 heavy (non-hydrogen) atoms. The summed E-state index contributed by atoms with van der Waals surface area (Å²) in [5.41, 5.74) is 6.43. The van der Waals surface area contributed by atoms with Gasteiger partial charge in [0.1, 0.15) is 5.54 Å². The van der Waals surface area contributed by atoms with Crippen LogP contribution in [-0.4, -0.2) is 62.8 Å². The van der Waals surface area contributed by atoms with Crippen molar-refractivity contribution in [3.8, 4) is 0 Å². The first-order valence-electron chi connectivity index (χ1n) is 13.9. The summed E-state index contributed by atoms with van der Waals surface area (Å²) in [5.74, 6) is -0.563. The van der Waals surface area contributed by atoms with Crippen molar-refractivity contribution in [2.75, 3.05) is 24.5 Å². The molecule has 0 unspecified atom stereocenters. The molecule has 2 atom stereocenters. The van der Waals surface area contributed by atoms with Crippen LogP contribution >= 0.6 is 0 Å². The van der Waals surface area contributed by atoms with E-state index in [1.54, 1.807) is 0 Å². The number of hydrogen-bond acceptors (Lipinski definition) is 6. The van der Waals surface area contributed by atoms with E-state index < -0.39 is 11.5 Å². The fraction of sp³-hybridized carbons (Fsp3) is 0.679. The van der Waals surface area contributed by atoms with E-state index in [-0.39, 0.29) is 11.6 Å². The highest BCUT2D eigenvalue weighted by Crippen LogP contribution is 2.34. The van der Waals surface area contributed by atoms with E-state index in [0.29, 0.717) is 43.8 Å². The molecule has 2 aliphatic heterocycles. The van der Waals surface area contributed by atoms with Crippen LogP contribution < -0.4 is 16.2 Å². The Balaban J connectivity index is 1.38. The summed E-state index contributed by atoms with van der Waals surface area (Å²) in [4.78, 5) is 34.9. The lowest BCUT2D eigenvalue weighted by molar-refractivity contribution is -0.144. The van der Waals surface area contributed by atoms with Crippen molar-refractivity contribution >= 4 is 22.8 Å². The van der Waals surface area contributed by atoms with E-state index in [1.165, 1.54) is 57.9 Å². The summed E-state index contributed by atoms with van der Waals surface area (Å²) >= 11 is 0. The average Bonchev–Trinajstić information content (AvgIpc) is 2.83. The number of carboxylic acids is 1. The zero-order valence-corrected chi connectivity index (χ0v) is 21.6. The maximum Gasteiger partial charge on any atom is 0.323 e. The zero-order chi connectivity index (χ0) is 25.3. The van der Waals surface area contributed by atoms with Crippen LogP contribution in [0.2, 0.25) is 0 Å². The molecule has 1 saturated carbocycles. The van der Waals surface area contributed by atoms with Gasteiger partial charge < -0.3 is 20.3 Å². The second-order valence-electron chi connectivity index (χ2n) is 11.3. The summed E-state index contributed by atoms with van der Waals surface area (Å²) in [6, 6.07) is 9.12. The molecule has 2 saturated heterocycles. The minimum absolute atomic E-state index is 0.0444. The molecular weight excluding hydrogens is 454 g/mol. The van der Waals surface area contributed by atoms with Crippen molar-refractivity contribution in [1.82, 2.24) is 14.5 Å². The third-order valence-corrected chi connectivity index (χ3v) is 8.95. The topological polar surface area (TPSA) is 105 Å². The van der Waals surface area contributed by atoms with Gasteiger partial charge in [-0.1, -0.05) is 44.2 Å². The number of carbonyl (C=O) groups is 1.